The number of fused-ring (bicyclic) bond motifs is 1. The van der Waals surface area contributed by atoms with Gasteiger partial charge in [0, 0.05) is 5.56 Å². The second kappa shape index (κ2) is 4.51. The lowest BCUT2D eigenvalue weighted by atomic mass is 10.0. The number of anilines is 1. The molecule has 0 radical (unpaired) electrons. The summed E-state index contributed by atoms with van der Waals surface area (Å²) >= 11 is 0. The molecule has 0 fully saturated rings. The van der Waals surface area contributed by atoms with Crippen molar-refractivity contribution < 1.29 is 22.7 Å². The minimum Gasteiger partial charge on any atom is -0.491 e. The number of hydrogen-bond acceptors (Lipinski definition) is 2. The molecule has 2 rings (SSSR count). The third-order valence-corrected chi connectivity index (χ3v) is 2.64. The Kier molecular flexibility index (Phi) is 3.19. The summed E-state index contributed by atoms with van der Waals surface area (Å²) in [6.45, 7) is 2.29. The average molecular weight is 259 g/mol. The summed E-state index contributed by atoms with van der Waals surface area (Å²) in [5, 5.41) is 2.42. The van der Waals surface area contributed by atoms with Gasteiger partial charge in [-0.15, -0.1) is 0 Å². The number of carbonyl (C=O) groups is 1. The molecule has 0 aliphatic carbocycles. The number of benzene rings is 1. The van der Waals surface area contributed by atoms with Crippen LogP contribution in [0.4, 0.5) is 18.9 Å². The Morgan fingerprint density at radius 3 is 2.72 bits per heavy atom. The highest BCUT2D eigenvalue weighted by molar-refractivity contribution is 6.01. The fourth-order valence-electron chi connectivity index (χ4n) is 1.89. The third-order valence-electron chi connectivity index (χ3n) is 2.64. The molecule has 1 heterocycles. The number of alkyl halides is 3. The van der Waals surface area contributed by atoms with E-state index in [1.807, 2.05) is 6.92 Å². The SMILES string of the molecule is CCCOc1ccc(C(F)(F)F)c2c1NC(=O)C2. The average Bonchev–Trinajstić information content (AvgIpc) is 2.65. The zero-order chi connectivity index (χ0) is 13.3. The molecule has 0 bridgehead atoms. The van der Waals surface area contributed by atoms with Crippen molar-refractivity contribution in [2.75, 3.05) is 11.9 Å². The van der Waals surface area contributed by atoms with Gasteiger partial charge in [0.05, 0.1) is 24.3 Å². The van der Waals surface area contributed by atoms with E-state index in [0.29, 0.717) is 12.4 Å². The summed E-state index contributed by atoms with van der Waals surface area (Å²) in [5.74, 6) is -0.145. The third kappa shape index (κ3) is 2.27. The van der Waals surface area contributed by atoms with Crippen LogP contribution in [0.2, 0.25) is 0 Å². The van der Waals surface area contributed by atoms with Crippen LogP contribution in [0.5, 0.6) is 5.75 Å². The van der Waals surface area contributed by atoms with Gasteiger partial charge in [-0.1, -0.05) is 6.92 Å². The summed E-state index contributed by atoms with van der Waals surface area (Å²) < 4.78 is 43.7. The van der Waals surface area contributed by atoms with Crippen molar-refractivity contribution in [3.63, 3.8) is 0 Å². The van der Waals surface area contributed by atoms with E-state index in [4.69, 9.17) is 4.74 Å². The number of hydrogen-bond donors (Lipinski definition) is 1. The topological polar surface area (TPSA) is 38.3 Å². The molecule has 1 aromatic carbocycles. The summed E-state index contributed by atoms with van der Waals surface area (Å²) in [4.78, 5) is 11.3. The molecule has 1 aliphatic heterocycles. The molecule has 3 nitrogen and oxygen atoms in total. The molecule has 0 saturated heterocycles. The Morgan fingerprint density at radius 2 is 2.11 bits per heavy atom. The second-order valence-electron chi connectivity index (χ2n) is 4.04. The number of halogens is 3. The molecule has 18 heavy (non-hydrogen) atoms. The monoisotopic (exact) mass is 259 g/mol. The van der Waals surface area contributed by atoms with Crippen LogP contribution in [-0.2, 0) is 17.4 Å². The Bertz CT molecular complexity index is 483. The molecule has 0 aromatic heterocycles. The van der Waals surface area contributed by atoms with Crippen molar-refractivity contribution in [3.8, 4) is 5.75 Å². The van der Waals surface area contributed by atoms with Gasteiger partial charge in [-0.3, -0.25) is 4.79 Å². The number of carbonyl (C=O) groups excluding carboxylic acids is 1. The first-order chi connectivity index (χ1) is 8.43. The van der Waals surface area contributed by atoms with Crippen LogP contribution in [0, 0.1) is 0 Å². The van der Waals surface area contributed by atoms with Crippen LogP contribution in [0.1, 0.15) is 24.5 Å². The molecule has 6 heteroatoms. The van der Waals surface area contributed by atoms with E-state index in [1.165, 1.54) is 6.07 Å². The highest BCUT2D eigenvalue weighted by Crippen LogP contribution is 2.42. The van der Waals surface area contributed by atoms with Crippen LogP contribution in [-0.4, -0.2) is 12.5 Å². The maximum Gasteiger partial charge on any atom is 0.416 e. The first-order valence-corrected chi connectivity index (χ1v) is 5.59. The van der Waals surface area contributed by atoms with Crippen molar-refractivity contribution in [1.82, 2.24) is 0 Å². The van der Waals surface area contributed by atoms with E-state index in [1.54, 1.807) is 0 Å². The Labute approximate surface area is 102 Å². The number of nitrogens with one attached hydrogen (secondary N) is 1. The van der Waals surface area contributed by atoms with Gasteiger partial charge >= 0.3 is 6.18 Å². The normalized spacial score (nSPS) is 14.3. The zero-order valence-electron chi connectivity index (χ0n) is 9.73. The number of amides is 1. The molecule has 98 valence electrons. The standard InChI is InChI=1S/C12H12F3NO2/c1-2-5-18-9-4-3-8(12(13,14)15)7-6-10(17)16-11(7)9/h3-4H,2,5-6H2,1H3,(H,16,17). The predicted molar refractivity (Wildman–Crippen MR) is 59.6 cm³/mol. The van der Waals surface area contributed by atoms with Gasteiger partial charge in [0.25, 0.3) is 0 Å². The number of ether oxygens (including phenoxy) is 1. The maximum atomic E-state index is 12.8. The first kappa shape index (κ1) is 12.7. The molecule has 1 N–H and O–H groups in total. The molecule has 0 spiro atoms. The molecule has 0 saturated carbocycles. The highest BCUT2D eigenvalue weighted by atomic mass is 19.4. The molecule has 0 atom stereocenters. The Balaban J connectivity index is 2.45. The van der Waals surface area contributed by atoms with E-state index in [2.05, 4.69) is 5.32 Å². The van der Waals surface area contributed by atoms with Crippen LogP contribution in [0.25, 0.3) is 0 Å². The van der Waals surface area contributed by atoms with Gasteiger partial charge in [0.2, 0.25) is 5.91 Å². The predicted octanol–water partition coefficient (Wildman–Crippen LogP) is 2.99. The smallest absolute Gasteiger partial charge is 0.416 e. The Morgan fingerprint density at radius 1 is 1.39 bits per heavy atom. The Hall–Kier alpha value is -1.72. The minimum atomic E-state index is -4.46. The quantitative estimate of drug-likeness (QED) is 0.906. The summed E-state index contributed by atoms with van der Waals surface area (Å²) in [7, 11) is 0. The van der Waals surface area contributed by atoms with E-state index < -0.39 is 17.6 Å². The van der Waals surface area contributed by atoms with Gasteiger partial charge in [-0.2, -0.15) is 13.2 Å². The van der Waals surface area contributed by atoms with Gasteiger partial charge in [-0.05, 0) is 18.6 Å². The number of rotatable bonds is 3. The van der Waals surface area contributed by atoms with Crippen molar-refractivity contribution in [1.29, 1.82) is 0 Å². The largest absolute Gasteiger partial charge is 0.491 e. The maximum absolute atomic E-state index is 12.8. The van der Waals surface area contributed by atoms with Crippen molar-refractivity contribution in [3.05, 3.63) is 23.3 Å². The minimum absolute atomic E-state index is 0.0268. The summed E-state index contributed by atoms with van der Waals surface area (Å²) in [6.07, 6.45) is -3.98. The van der Waals surface area contributed by atoms with E-state index in [-0.39, 0.29) is 17.7 Å². The van der Waals surface area contributed by atoms with Crippen molar-refractivity contribution >= 4 is 11.6 Å². The van der Waals surface area contributed by atoms with Gasteiger partial charge in [-0.25, -0.2) is 0 Å². The fraction of sp³-hybridized carbons (Fsp3) is 0.417. The molecule has 1 aromatic rings. The summed E-state index contributed by atoms with van der Waals surface area (Å²) in [5.41, 5.74) is -0.649. The van der Waals surface area contributed by atoms with E-state index >= 15 is 0 Å². The van der Waals surface area contributed by atoms with E-state index in [0.717, 1.165) is 12.5 Å². The lowest BCUT2D eigenvalue weighted by Crippen LogP contribution is -2.09. The van der Waals surface area contributed by atoms with Crippen LogP contribution >= 0.6 is 0 Å². The first-order valence-electron chi connectivity index (χ1n) is 5.59. The second-order valence-corrected chi connectivity index (χ2v) is 4.04. The van der Waals surface area contributed by atoms with E-state index in [9.17, 15) is 18.0 Å². The van der Waals surface area contributed by atoms with Crippen molar-refractivity contribution in [2.24, 2.45) is 0 Å². The molecule has 1 amide bonds. The molecule has 1 aliphatic rings. The molecule has 0 unspecified atom stereocenters. The van der Waals surface area contributed by atoms with Gasteiger partial charge in [0.1, 0.15) is 5.75 Å². The van der Waals surface area contributed by atoms with Crippen LogP contribution in [0.15, 0.2) is 12.1 Å². The van der Waals surface area contributed by atoms with Crippen molar-refractivity contribution in [2.45, 2.75) is 25.9 Å². The highest BCUT2D eigenvalue weighted by Gasteiger charge is 2.38. The summed E-state index contributed by atoms with van der Waals surface area (Å²) in [6, 6.07) is 2.22. The fourth-order valence-corrected chi connectivity index (χ4v) is 1.89. The van der Waals surface area contributed by atoms with Crippen LogP contribution < -0.4 is 10.1 Å². The molecular formula is C12H12F3NO2. The molecular weight excluding hydrogens is 247 g/mol. The lowest BCUT2D eigenvalue weighted by molar-refractivity contribution is -0.138. The van der Waals surface area contributed by atoms with Crippen LogP contribution in [0.3, 0.4) is 0 Å². The zero-order valence-corrected chi connectivity index (χ0v) is 9.73. The van der Waals surface area contributed by atoms with Gasteiger partial charge in [0.15, 0.2) is 0 Å². The lowest BCUT2D eigenvalue weighted by Gasteiger charge is -2.14. The van der Waals surface area contributed by atoms with Gasteiger partial charge < -0.3 is 10.1 Å².